The standard InChI is InChI=1S/C14H18FIN4/c1-19-4-2-9(3-5-19)8-20-13-6-10(15)11(16)7-12(13)18-14(20)17/h6-7,9H,2-5,8H2,1H3,(H2,17,18). The predicted molar refractivity (Wildman–Crippen MR) is 87.0 cm³/mol. The zero-order chi connectivity index (χ0) is 14.3. The number of nitrogens with zero attached hydrogens (tertiary/aromatic N) is 3. The number of anilines is 1. The third kappa shape index (κ3) is 2.63. The van der Waals surface area contributed by atoms with Crippen LogP contribution in [0.4, 0.5) is 10.3 Å². The van der Waals surface area contributed by atoms with E-state index in [4.69, 9.17) is 5.73 Å². The van der Waals surface area contributed by atoms with E-state index in [1.54, 1.807) is 12.1 Å². The number of rotatable bonds is 2. The summed E-state index contributed by atoms with van der Waals surface area (Å²) in [7, 11) is 2.15. The number of halogens is 2. The van der Waals surface area contributed by atoms with Crippen LogP contribution in [0.2, 0.25) is 0 Å². The SMILES string of the molecule is CN1CCC(Cn2c(N)nc3cc(I)c(F)cc32)CC1. The lowest BCUT2D eigenvalue weighted by Crippen LogP contribution is -2.32. The van der Waals surface area contributed by atoms with E-state index >= 15 is 0 Å². The number of aromatic nitrogens is 2. The minimum absolute atomic E-state index is 0.206. The summed E-state index contributed by atoms with van der Waals surface area (Å²) < 4.78 is 16.3. The van der Waals surface area contributed by atoms with Gasteiger partial charge in [0.1, 0.15) is 5.82 Å². The van der Waals surface area contributed by atoms with Crippen molar-refractivity contribution >= 4 is 39.6 Å². The molecular formula is C14H18FIN4. The van der Waals surface area contributed by atoms with E-state index in [2.05, 4.69) is 16.9 Å². The Morgan fingerprint density at radius 3 is 2.80 bits per heavy atom. The van der Waals surface area contributed by atoms with Gasteiger partial charge in [-0.15, -0.1) is 0 Å². The molecule has 2 aromatic rings. The van der Waals surface area contributed by atoms with E-state index in [0.717, 1.165) is 43.5 Å². The third-order valence-electron chi connectivity index (χ3n) is 4.10. The highest BCUT2D eigenvalue weighted by molar-refractivity contribution is 14.1. The van der Waals surface area contributed by atoms with Gasteiger partial charge in [0, 0.05) is 12.6 Å². The first-order chi connectivity index (χ1) is 9.54. The molecule has 0 spiro atoms. The van der Waals surface area contributed by atoms with Gasteiger partial charge in [0.05, 0.1) is 14.6 Å². The monoisotopic (exact) mass is 388 g/mol. The van der Waals surface area contributed by atoms with Gasteiger partial charge in [-0.1, -0.05) is 0 Å². The summed E-state index contributed by atoms with van der Waals surface area (Å²) in [4.78, 5) is 6.70. The van der Waals surface area contributed by atoms with Crippen LogP contribution < -0.4 is 5.73 Å². The molecule has 2 N–H and O–H groups in total. The third-order valence-corrected chi connectivity index (χ3v) is 4.93. The van der Waals surface area contributed by atoms with Crippen LogP contribution in [0.15, 0.2) is 12.1 Å². The molecule has 0 aliphatic carbocycles. The van der Waals surface area contributed by atoms with Crippen molar-refractivity contribution in [2.24, 2.45) is 5.92 Å². The number of benzene rings is 1. The van der Waals surface area contributed by atoms with Crippen LogP contribution in [-0.4, -0.2) is 34.6 Å². The quantitative estimate of drug-likeness (QED) is 0.805. The second-order valence-corrected chi connectivity index (χ2v) is 6.74. The molecule has 2 heterocycles. The molecule has 0 atom stereocenters. The van der Waals surface area contributed by atoms with Crippen LogP contribution >= 0.6 is 22.6 Å². The van der Waals surface area contributed by atoms with Crippen LogP contribution in [0, 0.1) is 15.3 Å². The number of imidazole rings is 1. The Kier molecular flexibility index (Phi) is 3.85. The van der Waals surface area contributed by atoms with Crippen molar-refractivity contribution in [1.29, 1.82) is 0 Å². The molecule has 0 amide bonds. The topological polar surface area (TPSA) is 47.1 Å². The summed E-state index contributed by atoms with van der Waals surface area (Å²) in [6.07, 6.45) is 2.31. The average molecular weight is 388 g/mol. The maximum Gasteiger partial charge on any atom is 0.201 e. The second-order valence-electron chi connectivity index (χ2n) is 5.58. The van der Waals surface area contributed by atoms with Crippen molar-refractivity contribution in [3.05, 3.63) is 21.5 Å². The highest BCUT2D eigenvalue weighted by Crippen LogP contribution is 2.26. The first-order valence-electron chi connectivity index (χ1n) is 6.84. The predicted octanol–water partition coefficient (Wildman–Crippen LogP) is 2.70. The number of fused-ring (bicyclic) bond motifs is 1. The normalized spacial score (nSPS) is 17.9. The molecule has 3 rings (SSSR count). The summed E-state index contributed by atoms with van der Waals surface area (Å²) >= 11 is 1.98. The van der Waals surface area contributed by atoms with Gasteiger partial charge in [-0.05, 0) is 67.6 Å². The van der Waals surface area contributed by atoms with Crippen LogP contribution in [0.3, 0.4) is 0 Å². The van der Waals surface area contributed by atoms with Gasteiger partial charge in [-0.3, -0.25) is 0 Å². The van der Waals surface area contributed by atoms with E-state index in [-0.39, 0.29) is 5.82 Å². The highest BCUT2D eigenvalue weighted by Gasteiger charge is 2.20. The molecule has 1 aromatic carbocycles. The minimum atomic E-state index is -0.206. The van der Waals surface area contributed by atoms with Crippen LogP contribution in [0.25, 0.3) is 11.0 Å². The molecule has 4 nitrogen and oxygen atoms in total. The van der Waals surface area contributed by atoms with Crippen LogP contribution in [0.1, 0.15) is 12.8 Å². The molecule has 0 unspecified atom stereocenters. The Hall–Kier alpha value is -0.890. The van der Waals surface area contributed by atoms with Gasteiger partial charge >= 0.3 is 0 Å². The lowest BCUT2D eigenvalue weighted by atomic mass is 9.97. The number of piperidine rings is 1. The molecule has 20 heavy (non-hydrogen) atoms. The number of nitrogen functional groups attached to an aromatic ring is 1. The van der Waals surface area contributed by atoms with E-state index in [1.165, 1.54) is 0 Å². The summed E-state index contributed by atoms with van der Waals surface area (Å²) in [6.45, 7) is 3.06. The largest absolute Gasteiger partial charge is 0.369 e. The fourth-order valence-corrected chi connectivity index (χ4v) is 3.28. The van der Waals surface area contributed by atoms with Crippen molar-refractivity contribution in [3.63, 3.8) is 0 Å². The molecule has 1 fully saturated rings. The maximum absolute atomic E-state index is 13.8. The average Bonchev–Trinajstić information content (AvgIpc) is 2.69. The van der Waals surface area contributed by atoms with Crippen LogP contribution in [0.5, 0.6) is 0 Å². The smallest absolute Gasteiger partial charge is 0.201 e. The number of hydrogen-bond acceptors (Lipinski definition) is 3. The summed E-state index contributed by atoms with van der Waals surface area (Å²) in [5.41, 5.74) is 7.60. The second kappa shape index (κ2) is 5.48. The van der Waals surface area contributed by atoms with Crippen molar-refractivity contribution in [1.82, 2.24) is 14.5 Å². The van der Waals surface area contributed by atoms with Crippen molar-refractivity contribution in [2.75, 3.05) is 25.9 Å². The zero-order valence-corrected chi connectivity index (χ0v) is 13.6. The van der Waals surface area contributed by atoms with Crippen molar-refractivity contribution in [2.45, 2.75) is 19.4 Å². The fourth-order valence-electron chi connectivity index (χ4n) is 2.83. The Morgan fingerprint density at radius 1 is 1.40 bits per heavy atom. The molecule has 6 heteroatoms. The summed E-state index contributed by atoms with van der Waals surface area (Å²) in [6, 6.07) is 3.31. The number of nitrogens with two attached hydrogens (primary N) is 1. The zero-order valence-electron chi connectivity index (χ0n) is 11.4. The molecule has 1 aliphatic heterocycles. The Labute approximate surface area is 131 Å². The molecule has 0 bridgehead atoms. The van der Waals surface area contributed by atoms with Gasteiger partial charge < -0.3 is 15.2 Å². The van der Waals surface area contributed by atoms with Crippen molar-refractivity contribution in [3.8, 4) is 0 Å². The van der Waals surface area contributed by atoms with E-state index < -0.39 is 0 Å². The molecule has 1 aromatic heterocycles. The molecule has 1 saturated heterocycles. The fraction of sp³-hybridized carbons (Fsp3) is 0.500. The Bertz CT molecular complexity index is 632. The lowest BCUT2D eigenvalue weighted by molar-refractivity contribution is 0.206. The van der Waals surface area contributed by atoms with E-state index in [9.17, 15) is 4.39 Å². The summed E-state index contributed by atoms with van der Waals surface area (Å²) in [5, 5.41) is 0. The molecule has 1 aliphatic rings. The van der Waals surface area contributed by atoms with E-state index in [1.807, 2.05) is 27.2 Å². The van der Waals surface area contributed by atoms with Crippen LogP contribution in [-0.2, 0) is 6.54 Å². The van der Waals surface area contributed by atoms with Gasteiger partial charge in [0.2, 0.25) is 5.95 Å². The highest BCUT2D eigenvalue weighted by atomic mass is 127. The minimum Gasteiger partial charge on any atom is -0.369 e. The molecule has 0 radical (unpaired) electrons. The van der Waals surface area contributed by atoms with Gasteiger partial charge in [-0.25, -0.2) is 9.37 Å². The summed E-state index contributed by atoms with van der Waals surface area (Å²) in [5.74, 6) is 0.871. The first-order valence-corrected chi connectivity index (χ1v) is 7.92. The molecule has 108 valence electrons. The van der Waals surface area contributed by atoms with E-state index in [0.29, 0.717) is 15.4 Å². The van der Waals surface area contributed by atoms with Gasteiger partial charge in [-0.2, -0.15) is 0 Å². The number of likely N-dealkylation sites (tertiary alicyclic amines) is 1. The van der Waals surface area contributed by atoms with Gasteiger partial charge in [0.15, 0.2) is 0 Å². The Balaban J connectivity index is 1.91. The lowest BCUT2D eigenvalue weighted by Gasteiger charge is -2.29. The number of hydrogen-bond donors (Lipinski definition) is 1. The maximum atomic E-state index is 13.8. The molecule has 0 saturated carbocycles. The molecular weight excluding hydrogens is 370 g/mol. The Morgan fingerprint density at radius 2 is 2.10 bits per heavy atom. The van der Waals surface area contributed by atoms with Gasteiger partial charge in [0.25, 0.3) is 0 Å². The van der Waals surface area contributed by atoms with Crippen molar-refractivity contribution < 1.29 is 4.39 Å². The first kappa shape index (κ1) is 14.1.